The van der Waals surface area contributed by atoms with Crippen molar-refractivity contribution >= 4 is 22.6 Å². The molecule has 3 N–H and O–H groups in total. The number of rotatable bonds is 5. The fraction of sp³-hybridized carbons (Fsp3) is 0.0476. The fourth-order valence-electron chi connectivity index (χ4n) is 2.83. The molecule has 7 nitrogen and oxygen atoms in total. The second-order valence-electron chi connectivity index (χ2n) is 6.43. The summed E-state index contributed by atoms with van der Waals surface area (Å²) in [6, 6.07) is 11.8. The van der Waals surface area contributed by atoms with Crippen molar-refractivity contribution in [2.45, 2.75) is 11.8 Å². The van der Waals surface area contributed by atoms with E-state index in [1.165, 1.54) is 24.7 Å². The predicted molar refractivity (Wildman–Crippen MR) is 114 cm³/mol. The number of benzene rings is 2. The van der Waals surface area contributed by atoms with E-state index in [2.05, 4.69) is 24.7 Å². The number of nitrogens with one attached hydrogen (secondary N) is 1. The maximum Gasteiger partial charge on any atom is 0.156 e. The minimum Gasteiger partial charge on any atom is -0.382 e. The standard InChI is InChI=1S/C21H17FN6OS/c1-13-9-27-21(12-24-13)28-30(29)19-5-3-2-4-15(19)14-6-7-16(17(22)8-14)18-10-26-20(23)11-25-18/h2-12H,1H3,(H2,23,26)(H,27,28). The smallest absolute Gasteiger partial charge is 0.156 e. The molecule has 1 unspecified atom stereocenters. The summed E-state index contributed by atoms with van der Waals surface area (Å²) in [5.74, 6) is 0.180. The van der Waals surface area contributed by atoms with E-state index in [0.29, 0.717) is 33.1 Å². The number of nitrogen functional groups attached to an aromatic ring is 1. The molecule has 4 aromatic rings. The van der Waals surface area contributed by atoms with Crippen LogP contribution in [-0.2, 0) is 11.0 Å². The van der Waals surface area contributed by atoms with Crippen LogP contribution in [0.4, 0.5) is 16.0 Å². The molecule has 0 saturated heterocycles. The van der Waals surface area contributed by atoms with Crippen LogP contribution in [0.25, 0.3) is 22.4 Å². The van der Waals surface area contributed by atoms with Gasteiger partial charge < -0.3 is 5.73 Å². The lowest BCUT2D eigenvalue weighted by Gasteiger charge is -2.12. The van der Waals surface area contributed by atoms with Crippen LogP contribution < -0.4 is 10.5 Å². The van der Waals surface area contributed by atoms with Crippen molar-refractivity contribution in [3.05, 3.63) is 78.8 Å². The molecular weight excluding hydrogens is 403 g/mol. The number of halogens is 1. The highest BCUT2D eigenvalue weighted by Gasteiger charge is 2.15. The second kappa shape index (κ2) is 8.34. The number of hydrogen-bond acceptors (Lipinski definition) is 6. The van der Waals surface area contributed by atoms with Crippen LogP contribution in [-0.4, -0.2) is 24.1 Å². The van der Waals surface area contributed by atoms with Crippen molar-refractivity contribution in [2.75, 3.05) is 10.5 Å². The summed E-state index contributed by atoms with van der Waals surface area (Å²) in [5.41, 5.74) is 8.20. The van der Waals surface area contributed by atoms with Crippen LogP contribution >= 0.6 is 0 Å². The van der Waals surface area contributed by atoms with E-state index in [9.17, 15) is 8.60 Å². The third-order valence-electron chi connectivity index (χ3n) is 4.29. The second-order valence-corrected chi connectivity index (χ2v) is 7.61. The lowest BCUT2D eigenvalue weighted by Crippen LogP contribution is -2.08. The van der Waals surface area contributed by atoms with E-state index in [0.717, 1.165) is 5.69 Å². The molecule has 0 saturated carbocycles. The Bertz CT molecular complexity index is 1220. The molecule has 2 aromatic carbocycles. The third kappa shape index (κ3) is 4.15. The number of hydrogen-bond donors (Lipinski definition) is 2. The molecule has 2 aromatic heterocycles. The van der Waals surface area contributed by atoms with E-state index in [-0.39, 0.29) is 5.82 Å². The van der Waals surface area contributed by atoms with Gasteiger partial charge in [-0.2, -0.15) is 0 Å². The normalized spacial score (nSPS) is 11.8. The SMILES string of the molecule is Cc1cnc(NS(=O)c2ccccc2-c2ccc(-c3cnc(N)cn3)c(F)c2)cn1. The summed E-state index contributed by atoms with van der Waals surface area (Å²) in [6.07, 6.45) is 5.89. The molecule has 0 amide bonds. The highest BCUT2D eigenvalue weighted by Crippen LogP contribution is 2.30. The fourth-order valence-corrected chi connectivity index (χ4v) is 3.82. The van der Waals surface area contributed by atoms with Gasteiger partial charge in [-0.3, -0.25) is 14.7 Å². The first-order valence-electron chi connectivity index (χ1n) is 8.95. The molecule has 0 aliphatic heterocycles. The number of nitrogens with zero attached hydrogens (tertiary/aromatic N) is 4. The van der Waals surface area contributed by atoms with Gasteiger partial charge in [0.05, 0.1) is 41.1 Å². The first-order chi connectivity index (χ1) is 14.5. The zero-order valence-corrected chi connectivity index (χ0v) is 16.7. The quantitative estimate of drug-likeness (QED) is 0.509. The van der Waals surface area contributed by atoms with E-state index in [1.54, 1.807) is 42.6 Å². The topological polar surface area (TPSA) is 107 Å². The van der Waals surface area contributed by atoms with E-state index in [4.69, 9.17) is 5.73 Å². The lowest BCUT2D eigenvalue weighted by atomic mass is 10.0. The zero-order chi connectivity index (χ0) is 21.1. The molecule has 150 valence electrons. The monoisotopic (exact) mass is 420 g/mol. The van der Waals surface area contributed by atoms with Crippen molar-refractivity contribution in [3.8, 4) is 22.4 Å². The molecule has 30 heavy (non-hydrogen) atoms. The molecule has 0 aliphatic carbocycles. The number of aryl methyl sites for hydroxylation is 1. The van der Waals surface area contributed by atoms with Gasteiger partial charge in [-0.1, -0.05) is 24.3 Å². The zero-order valence-electron chi connectivity index (χ0n) is 15.9. The Hall–Kier alpha value is -3.72. The number of anilines is 2. The van der Waals surface area contributed by atoms with Crippen LogP contribution in [0.15, 0.2) is 72.1 Å². The van der Waals surface area contributed by atoms with E-state index >= 15 is 0 Å². The number of aromatic nitrogens is 4. The van der Waals surface area contributed by atoms with Gasteiger partial charge >= 0.3 is 0 Å². The van der Waals surface area contributed by atoms with Gasteiger partial charge in [0.25, 0.3) is 0 Å². The number of nitrogens with two attached hydrogens (primary N) is 1. The van der Waals surface area contributed by atoms with Gasteiger partial charge in [0.2, 0.25) is 0 Å². The molecule has 2 heterocycles. The highest BCUT2D eigenvalue weighted by atomic mass is 32.2. The summed E-state index contributed by atoms with van der Waals surface area (Å²) in [5, 5.41) is 0. The highest BCUT2D eigenvalue weighted by molar-refractivity contribution is 7.86. The van der Waals surface area contributed by atoms with Crippen LogP contribution in [0.2, 0.25) is 0 Å². The predicted octanol–water partition coefficient (Wildman–Crippen LogP) is 3.77. The van der Waals surface area contributed by atoms with Crippen LogP contribution in [0.5, 0.6) is 0 Å². The summed E-state index contributed by atoms with van der Waals surface area (Å²) < 4.78 is 30.6. The average Bonchev–Trinajstić information content (AvgIpc) is 2.76. The van der Waals surface area contributed by atoms with Gasteiger partial charge in [0.15, 0.2) is 16.8 Å². The molecule has 0 spiro atoms. The van der Waals surface area contributed by atoms with Gasteiger partial charge in [-0.05, 0) is 36.2 Å². The molecule has 0 aliphatic rings. The Morgan fingerprint density at radius 2 is 1.77 bits per heavy atom. The largest absolute Gasteiger partial charge is 0.382 e. The van der Waals surface area contributed by atoms with Crippen LogP contribution in [0, 0.1) is 12.7 Å². The molecule has 4 rings (SSSR count). The van der Waals surface area contributed by atoms with Gasteiger partial charge in [-0.25, -0.2) is 18.6 Å². The van der Waals surface area contributed by atoms with Crippen LogP contribution in [0.3, 0.4) is 0 Å². The summed E-state index contributed by atoms with van der Waals surface area (Å²) in [7, 11) is -1.61. The Kier molecular flexibility index (Phi) is 5.44. The van der Waals surface area contributed by atoms with E-state index < -0.39 is 16.8 Å². The Labute approximate surface area is 174 Å². The molecular formula is C21H17FN6OS. The summed E-state index contributed by atoms with van der Waals surface area (Å²) in [6.45, 7) is 1.82. The first kappa shape index (κ1) is 19.6. The minimum absolute atomic E-state index is 0.262. The van der Waals surface area contributed by atoms with Gasteiger partial charge in [0, 0.05) is 5.56 Å². The average molecular weight is 420 g/mol. The first-order valence-corrected chi connectivity index (χ1v) is 10.1. The summed E-state index contributed by atoms with van der Waals surface area (Å²) >= 11 is 0. The molecule has 0 fully saturated rings. The van der Waals surface area contributed by atoms with Crippen molar-refractivity contribution in [1.82, 2.24) is 19.9 Å². The van der Waals surface area contributed by atoms with Crippen molar-refractivity contribution < 1.29 is 8.60 Å². The minimum atomic E-state index is -1.61. The maximum atomic E-state index is 14.8. The molecule has 9 heteroatoms. The lowest BCUT2D eigenvalue weighted by molar-refractivity contribution is 0.631. The van der Waals surface area contributed by atoms with Gasteiger partial charge in [0.1, 0.15) is 11.6 Å². The maximum absolute atomic E-state index is 14.8. The Balaban J connectivity index is 1.66. The summed E-state index contributed by atoms with van der Waals surface area (Å²) in [4.78, 5) is 16.9. The van der Waals surface area contributed by atoms with Crippen molar-refractivity contribution in [1.29, 1.82) is 0 Å². The van der Waals surface area contributed by atoms with Gasteiger partial charge in [-0.15, -0.1) is 0 Å². The Morgan fingerprint density at radius 3 is 2.47 bits per heavy atom. The molecule has 1 atom stereocenters. The van der Waals surface area contributed by atoms with Crippen LogP contribution in [0.1, 0.15) is 5.69 Å². The Morgan fingerprint density at radius 1 is 0.933 bits per heavy atom. The van der Waals surface area contributed by atoms with Crippen molar-refractivity contribution in [3.63, 3.8) is 0 Å². The van der Waals surface area contributed by atoms with Crippen molar-refractivity contribution in [2.24, 2.45) is 0 Å². The molecule has 0 bridgehead atoms. The van der Waals surface area contributed by atoms with E-state index in [1.807, 2.05) is 6.92 Å². The third-order valence-corrected chi connectivity index (χ3v) is 5.44. The molecule has 0 radical (unpaired) electrons.